The highest BCUT2D eigenvalue weighted by atomic mass is 15.2. The quantitative estimate of drug-likeness (QED) is 0.798. The van der Waals surface area contributed by atoms with Gasteiger partial charge >= 0.3 is 0 Å². The van der Waals surface area contributed by atoms with Crippen LogP contribution in [-0.2, 0) is 0 Å². The van der Waals surface area contributed by atoms with Crippen LogP contribution in [-0.4, -0.2) is 29.6 Å². The van der Waals surface area contributed by atoms with Crippen LogP contribution in [0.3, 0.4) is 0 Å². The minimum Gasteiger partial charge on any atom is -0.326 e. The molecule has 2 N–H and O–H groups in total. The molecule has 0 saturated heterocycles. The normalized spacial score (nSPS) is 32.1. The van der Waals surface area contributed by atoms with Crippen LogP contribution in [0.15, 0.2) is 0 Å². The van der Waals surface area contributed by atoms with Crippen LogP contribution in [0, 0.1) is 5.92 Å². The summed E-state index contributed by atoms with van der Waals surface area (Å²) in [5.74, 6) is 0.889. The topological polar surface area (TPSA) is 29.3 Å². The molecule has 0 aliphatic heterocycles. The zero-order valence-electron chi connectivity index (χ0n) is 11.8. The van der Waals surface area contributed by atoms with E-state index in [4.69, 9.17) is 5.73 Å². The van der Waals surface area contributed by atoms with Gasteiger partial charge in [0.25, 0.3) is 0 Å². The van der Waals surface area contributed by atoms with E-state index in [-0.39, 0.29) is 5.54 Å². The Morgan fingerprint density at radius 3 is 2.38 bits per heavy atom. The van der Waals surface area contributed by atoms with Crippen LogP contribution in [0.5, 0.6) is 0 Å². The van der Waals surface area contributed by atoms with Gasteiger partial charge in [-0.1, -0.05) is 20.3 Å². The summed E-state index contributed by atoms with van der Waals surface area (Å²) in [5.41, 5.74) is 6.58. The van der Waals surface area contributed by atoms with Gasteiger partial charge in [-0.3, -0.25) is 4.90 Å². The van der Waals surface area contributed by atoms with Gasteiger partial charge in [-0.05, 0) is 52.5 Å². The zero-order valence-corrected chi connectivity index (χ0v) is 11.8. The Hall–Kier alpha value is -0.0800. The number of hydrogen-bond donors (Lipinski definition) is 1. The van der Waals surface area contributed by atoms with Crippen molar-refractivity contribution in [3.8, 4) is 0 Å². The molecule has 16 heavy (non-hydrogen) atoms. The van der Waals surface area contributed by atoms with Crippen molar-refractivity contribution in [2.45, 2.75) is 77.4 Å². The first-order chi connectivity index (χ1) is 7.42. The van der Waals surface area contributed by atoms with E-state index in [2.05, 4.69) is 39.6 Å². The minimum atomic E-state index is 0.276. The van der Waals surface area contributed by atoms with E-state index >= 15 is 0 Å². The lowest BCUT2D eigenvalue weighted by Gasteiger charge is -2.46. The average molecular weight is 226 g/mol. The van der Waals surface area contributed by atoms with Crippen molar-refractivity contribution >= 4 is 0 Å². The molecule has 0 bridgehead atoms. The summed E-state index contributed by atoms with van der Waals surface area (Å²) in [7, 11) is 2.26. The Bertz CT molecular complexity index is 213. The molecule has 1 rings (SSSR count). The highest BCUT2D eigenvalue weighted by molar-refractivity contribution is 4.93. The minimum absolute atomic E-state index is 0.276. The monoisotopic (exact) mass is 226 g/mol. The largest absolute Gasteiger partial charge is 0.326 e. The molecule has 96 valence electrons. The molecule has 0 heterocycles. The molecule has 0 aromatic carbocycles. The third-order valence-electron chi connectivity index (χ3n) is 4.87. The summed E-state index contributed by atoms with van der Waals surface area (Å²) in [6.07, 6.45) is 6.31. The standard InChI is InChI=1S/C14H30N2/c1-6-11-8-9-12(15)13(10-11)16(5)14(3,4)7-2/h11-13H,6-10,15H2,1-5H3. The third kappa shape index (κ3) is 2.98. The second-order valence-corrected chi connectivity index (χ2v) is 6.10. The number of hydrogen-bond acceptors (Lipinski definition) is 2. The Labute approximate surface area is 102 Å². The molecular weight excluding hydrogens is 196 g/mol. The van der Waals surface area contributed by atoms with Gasteiger partial charge in [0, 0.05) is 17.6 Å². The van der Waals surface area contributed by atoms with Crippen LogP contribution >= 0.6 is 0 Å². The van der Waals surface area contributed by atoms with Crippen LogP contribution in [0.2, 0.25) is 0 Å². The lowest BCUT2D eigenvalue weighted by atomic mass is 9.79. The Balaban J connectivity index is 2.69. The number of likely N-dealkylation sites (N-methyl/N-ethyl adjacent to an activating group) is 1. The van der Waals surface area contributed by atoms with Crippen LogP contribution in [0.4, 0.5) is 0 Å². The van der Waals surface area contributed by atoms with Crippen LogP contribution < -0.4 is 5.73 Å². The first-order valence-corrected chi connectivity index (χ1v) is 6.90. The lowest BCUT2D eigenvalue weighted by Crippen LogP contribution is -2.56. The van der Waals surface area contributed by atoms with Crippen LogP contribution in [0.1, 0.15) is 59.8 Å². The van der Waals surface area contributed by atoms with Gasteiger partial charge in [0.05, 0.1) is 0 Å². The van der Waals surface area contributed by atoms with E-state index in [1.165, 1.54) is 32.1 Å². The molecule has 0 amide bonds. The molecular formula is C14H30N2. The molecule has 0 radical (unpaired) electrons. The summed E-state index contributed by atoms with van der Waals surface area (Å²) in [6, 6.07) is 0.951. The first kappa shape index (κ1) is 14.0. The predicted molar refractivity (Wildman–Crippen MR) is 71.5 cm³/mol. The highest BCUT2D eigenvalue weighted by Gasteiger charge is 2.35. The maximum Gasteiger partial charge on any atom is 0.0252 e. The Morgan fingerprint density at radius 1 is 1.25 bits per heavy atom. The molecule has 0 aromatic rings. The van der Waals surface area contributed by atoms with Gasteiger partial charge in [-0.2, -0.15) is 0 Å². The second-order valence-electron chi connectivity index (χ2n) is 6.10. The molecule has 1 saturated carbocycles. The maximum atomic E-state index is 6.31. The summed E-state index contributed by atoms with van der Waals surface area (Å²) >= 11 is 0. The Morgan fingerprint density at radius 2 is 1.88 bits per heavy atom. The molecule has 1 aliphatic rings. The SMILES string of the molecule is CCC1CCC(N)C(N(C)C(C)(C)CC)C1. The first-order valence-electron chi connectivity index (χ1n) is 6.90. The van der Waals surface area contributed by atoms with Gasteiger partial charge in [-0.15, -0.1) is 0 Å². The van der Waals surface area contributed by atoms with Gasteiger partial charge in [0.2, 0.25) is 0 Å². The molecule has 1 aliphatic carbocycles. The van der Waals surface area contributed by atoms with Crippen molar-refractivity contribution in [3.05, 3.63) is 0 Å². The molecule has 2 nitrogen and oxygen atoms in total. The van der Waals surface area contributed by atoms with Crippen molar-refractivity contribution in [2.24, 2.45) is 11.7 Å². The van der Waals surface area contributed by atoms with E-state index in [0.29, 0.717) is 12.1 Å². The fourth-order valence-corrected chi connectivity index (χ4v) is 2.77. The highest BCUT2D eigenvalue weighted by Crippen LogP contribution is 2.32. The predicted octanol–water partition coefficient (Wildman–Crippen LogP) is 3.01. The van der Waals surface area contributed by atoms with Crippen LogP contribution in [0.25, 0.3) is 0 Å². The fourth-order valence-electron chi connectivity index (χ4n) is 2.77. The molecule has 0 aromatic heterocycles. The fraction of sp³-hybridized carbons (Fsp3) is 1.00. The summed E-state index contributed by atoms with van der Waals surface area (Å²) in [6.45, 7) is 9.23. The molecule has 3 unspecified atom stereocenters. The van der Waals surface area contributed by atoms with E-state index in [1.807, 2.05) is 0 Å². The van der Waals surface area contributed by atoms with E-state index < -0.39 is 0 Å². The van der Waals surface area contributed by atoms with E-state index in [1.54, 1.807) is 0 Å². The number of nitrogens with two attached hydrogens (primary N) is 1. The number of nitrogens with zero attached hydrogens (tertiary/aromatic N) is 1. The van der Waals surface area contributed by atoms with Crippen molar-refractivity contribution in [1.29, 1.82) is 0 Å². The van der Waals surface area contributed by atoms with Crippen molar-refractivity contribution < 1.29 is 0 Å². The summed E-state index contributed by atoms with van der Waals surface area (Å²) in [4.78, 5) is 2.53. The summed E-state index contributed by atoms with van der Waals surface area (Å²) in [5, 5.41) is 0. The number of rotatable bonds is 4. The molecule has 3 atom stereocenters. The van der Waals surface area contributed by atoms with Gasteiger partial charge in [0.1, 0.15) is 0 Å². The van der Waals surface area contributed by atoms with Crippen molar-refractivity contribution in [3.63, 3.8) is 0 Å². The van der Waals surface area contributed by atoms with Gasteiger partial charge in [-0.25, -0.2) is 0 Å². The summed E-state index contributed by atoms with van der Waals surface area (Å²) < 4.78 is 0. The Kier molecular flexibility index (Phi) is 4.81. The zero-order chi connectivity index (χ0) is 12.3. The second kappa shape index (κ2) is 5.50. The van der Waals surface area contributed by atoms with E-state index in [9.17, 15) is 0 Å². The molecule has 0 spiro atoms. The smallest absolute Gasteiger partial charge is 0.0252 e. The van der Waals surface area contributed by atoms with Gasteiger partial charge < -0.3 is 5.73 Å². The van der Waals surface area contributed by atoms with E-state index in [0.717, 1.165) is 5.92 Å². The lowest BCUT2D eigenvalue weighted by molar-refractivity contribution is 0.0477. The van der Waals surface area contributed by atoms with Crippen molar-refractivity contribution in [2.75, 3.05) is 7.05 Å². The average Bonchev–Trinajstić information content (AvgIpc) is 2.29. The maximum absolute atomic E-state index is 6.31. The third-order valence-corrected chi connectivity index (χ3v) is 4.87. The van der Waals surface area contributed by atoms with Gasteiger partial charge in [0.15, 0.2) is 0 Å². The molecule has 1 fully saturated rings. The van der Waals surface area contributed by atoms with Crippen molar-refractivity contribution in [1.82, 2.24) is 4.90 Å². The molecule has 2 heteroatoms.